The molecule has 1 saturated heterocycles. The van der Waals surface area contributed by atoms with Crippen LogP contribution in [0.1, 0.15) is 13.8 Å². The molecule has 100 valence electrons. The van der Waals surface area contributed by atoms with Crippen LogP contribution in [0.25, 0.3) is 0 Å². The first-order valence-electron chi connectivity index (χ1n) is 5.64. The van der Waals surface area contributed by atoms with Crippen molar-refractivity contribution in [2.45, 2.75) is 19.4 Å². The normalized spacial score (nSPS) is 18.8. The van der Waals surface area contributed by atoms with E-state index in [9.17, 15) is 8.78 Å². The van der Waals surface area contributed by atoms with Gasteiger partial charge < -0.3 is 15.1 Å². The first kappa shape index (κ1) is 13.0. The Morgan fingerprint density at radius 2 is 2.17 bits per heavy atom. The van der Waals surface area contributed by atoms with Crippen molar-refractivity contribution in [2.75, 3.05) is 30.0 Å². The molecule has 0 amide bonds. The maximum atomic E-state index is 13.7. The average Bonchev–Trinajstić information content (AvgIpc) is 2.27. The van der Waals surface area contributed by atoms with E-state index in [-0.39, 0.29) is 11.6 Å². The molecule has 0 atom stereocenters. The molecule has 5 nitrogen and oxygen atoms in total. The van der Waals surface area contributed by atoms with Crippen LogP contribution in [-0.2, 0) is 4.74 Å². The molecule has 1 aliphatic rings. The highest BCUT2D eigenvalue weighted by Gasteiger charge is 2.29. The molecule has 3 N–H and O–H groups in total. The summed E-state index contributed by atoms with van der Waals surface area (Å²) in [5.74, 6) is 3.53. The van der Waals surface area contributed by atoms with Crippen molar-refractivity contribution < 1.29 is 13.5 Å². The van der Waals surface area contributed by atoms with Crippen LogP contribution in [0, 0.1) is 11.6 Å². The van der Waals surface area contributed by atoms with E-state index in [1.807, 2.05) is 13.8 Å². The molecule has 7 heteroatoms. The molecule has 0 bridgehead atoms. The van der Waals surface area contributed by atoms with Crippen molar-refractivity contribution in [1.82, 2.24) is 4.98 Å². The number of nitrogens with zero attached hydrogens (tertiary/aromatic N) is 2. The lowest BCUT2D eigenvalue weighted by Gasteiger charge is -2.38. The van der Waals surface area contributed by atoms with Crippen molar-refractivity contribution in [1.29, 1.82) is 0 Å². The molecule has 0 aliphatic carbocycles. The molecule has 1 aromatic rings. The Hall–Kier alpha value is -1.47. The number of hydrogen-bond acceptors (Lipinski definition) is 5. The van der Waals surface area contributed by atoms with Gasteiger partial charge in [-0.3, -0.25) is 0 Å². The van der Waals surface area contributed by atoms with Gasteiger partial charge in [0.1, 0.15) is 0 Å². The highest BCUT2D eigenvalue weighted by atomic mass is 19.1. The molecular weight excluding hydrogens is 242 g/mol. The maximum Gasteiger partial charge on any atom is 0.178 e. The molecule has 0 radical (unpaired) electrons. The highest BCUT2D eigenvalue weighted by molar-refractivity contribution is 5.49. The summed E-state index contributed by atoms with van der Waals surface area (Å²) in [5, 5.41) is 0. The number of pyridine rings is 1. The van der Waals surface area contributed by atoms with E-state index >= 15 is 0 Å². The molecule has 0 aromatic carbocycles. The van der Waals surface area contributed by atoms with Crippen LogP contribution in [0.2, 0.25) is 0 Å². The third-order valence-corrected chi connectivity index (χ3v) is 2.77. The summed E-state index contributed by atoms with van der Waals surface area (Å²) >= 11 is 0. The van der Waals surface area contributed by atoms with Crippen LogP contribution in [0.15, 0.2) is 6.07 Å². The number of morpholine rings is 1. The van der Waals surface area contributed by atoms with Gasteiger partial charge in [-0.25, -0.2) is 19.6 Å². The van der Waals surface area contributed by atoms with Crippen LogP contribution in [-0.4, -0.2) is 30.3 Å². The van der Waals surface area contributed by atoms with Gasteiger partial charge in [0.05, 0.1) is 12.2 Å². The van der Waals surface area contributed by atoms with Gasteiger partial charge in [-0.2, -0.15) is 0 Å². The van der Waals surface area contributed by atoms with Gasteiger partial charge in [-0.15, -0.1) is 0 Å². The smallest absolute Gasteiger partial charge is 0.178 e. The Morgan fingerprint density at radius 1 is 1.44 bits per heavy atom. The number of halogens is 2. The number of nitrogens with one attached hydrogen (secondary N) is 1. The quantitative estimate of drug-likeness (QED) is 0.617. The third-order valence-electron chi connectivity index (χ3n) is 2.77. The minimum Gasteiger partial charge on any atom is -0.372 e. The first-order chi connectivity index (χ1) is 8.43. The minimum absolute atomic E-state index is 0.0840. The van der Waals surface area contributed by atoms with E-state index in [2.05, 4.69) is 10.4 Å². The zero-order valence-electron chi connectivity index (χ0n) is 10.3. The lowest BCUT2D eigenvalue weighted by molar-refractivity contribution is -0.0280. The van der Waals surface area contributed by atoms with Crippen LogP contribution in [0.4, 0.5) is 20.4 Å². The van der Waals surface area contributed by atoms with Crippen molar-refractivity contribution in [3.05, 3.63) is 17.7 Å². The molecule has 0 saturated carbocycles. The first-order valence-corrected chi connectivity index (χ1v) is 5.64. The lowest BCUT2D eigenvalue weighted by atomic mass is 10.1. The molecular formula is C11H16F2N4O. The fraction of sp³-hybridized carbons (Fsp3) is 0.545. The van der Waals surface area contributed by atoms with Gasteiger partial charge in [0, 0.05) is 19.2 Å². The van der Waals surface area contributed by atoms with Gasteiger partial charge in [-0.05, 0) is 13.8 Å². The maximum absolute atomic E-state index is 13.7. The van der Waals surface area contributed by atoms with Gasteiger partial charge in [-0.1, -0.05) is 0 Å². The number of hydrogen-bond donors (Lipinski definition) is 2. The van der Waals surface area contributed by atoms with Gasteiger partial charge in [0.15, 0.2) is 23.3 Å². The zero-order valence-corrected chi connectivity index (χ0v) is 10.3. The number of hydrazine groups is 1. The summed E-state index contributed by atoms with van der Waals surface area (Å²) in [6.45, 7) is 5.26. The second-order valence-corrected chi connectivity index (χ2v) is 4.80. The molecule has 2 rings (SSSR count). The van der Waals surface area contributed by atoms with Crippen LogP contribution in [0.3, 0.4) is 0 Å². The molecule has 2 heterocycles. The summed E-state index contributed by atoms with van der Waals surface area (Å²) < 4.78 is 32.5. The summed E-state index contributed by atoms with van der Waals surface area (Å²) in [7, 11) is 0. The van der Waals surface area contributed by atoms with Crippen molar-refractivity contribution in [3.63, 3.8) is 0 Å². The average molecular weight is 258 g/mol. The summed E-state index contributed by atoms with van der Waals surface area (Å²) in [5.41, 5.74) is 1.72. The molecule has 0 unspecified atom stereocenters. The fourth-order valence-electron chi connectivity index (χ4n) is 1.98. The summed E-state index contributed by atoms with van der Waals surface area (Å²) in [4.78, 5) is 5.59. The highest BCUT2D eigenvalue weighted by Crippen LogP contribution is 2.26. The zero-order chi connectivity index (χ0) is 13.3. The lowest BCUT2D eigenvalue weighted by Crippen LogP contribution is -2.49. The number of nitrogens with two attached hydrogens (primary N) is 1. The van der Waals surface area contributed by atoms with Gasteiger partial charge in [0.25, 0.3) is 0 Å². The van der Waals surface area contributed by atoms with Crippen LogP contribution < -0.4 is 16.2 Å². The largest absolute Gasteiger partial charge is 0.372 e. The second-order valence-electron chi connectivity index (χ2n) is 4.80. The Bertz CT molecular complexity index is 453. The Kier molecular flexibility index (Phi) is 3.36. The van der Waals surface area contributed by atoms with Crippen molar-refractivity contribution in [3.8, 4) is 0 Å². The molecule has 1 aromatic heterocycles. The van der Waals surface area contributed by atoms with Gasteiger partial charge in [0.2, 0.25) is 0 Å². The number of anilines is 2. The van der Waals surface area contributed by atoms with Gasteiger partial charge >= 0.3 is 0 Å². The van der Waals surface area contributed by atoms with E-state index in [0.29, 0.717) is 19.7 Å². The number of ether oxygens (including phenoxy) is 1. The molecule has 1 fully saturated rings. The van der Waals surface area contributed by atoms with Crippen LogP contribution in [0.5, 0.6) is 0 Å². The SMILES string of the molecule is CC1(C)CN(c2nc(NN)c(F)cc2F)CCO1. The number of nitrogen functional groups attached to an aromatic ring is 1. The van der Waals surface area contributed by atoms with Crippen molar-refractivity contribution >= 4 is 11.6 Å². The minimum atomic E-state index is -0.814. The predicted molar refractivity (Wildman–Crippen MR) is 64.2 cm³/mol. The van der Waals surface area contributed by atoms with Crippen LogP contribution >= 0.6 is 0 Å². The third kappa shape index (κ3) is 2.51. The number of aromatic nitrogens is 1. The molecule has 18 heavy (non-hydrogen) atoms. The number of rotatable bonds is 2. The van der Waals surface area contributed by atoms with E-state index in [1.165, 1.54) is 0 Å². The fourth-order valence-corrected chi connectivity index (χ4v) is 1.98. The Morgan fingerprint density at radius 3 is 2.78 bits per heavy atom. The second kappa shape index (κ2) is 4.66. The summed E-state index contributed by atoms with van der Waals surface area (Å²) in [6.07, 6.45) is 0. The van der Waals surface area contributed by atoms with E-state index in [1.54, 1.807) is 4.90 Å². The molecule has 1 aliphatic heterocycles. The monoisotopic (exact) mass is 258 g/mol. The standard InChI is InChI=1S/C11H16F2N4O/c1-11(2)6-17(3-4-18-11)10-8(13)5-7(12)9(15-10)16-14/h5H,3-4,6,14H2,1-2H3,(H,15,16). The summed E-state index contributed by atoms with van der Waals surface area (Å²) in [6, 6.07) is 0.778. The van der Waals surface area contributed by atoms with E-state index < -0.39 is 17.2 Å². The van der Waals surface area contributed by atoms with E-state index in [4.69, 9.17) is 10.6 Å². The Balaban J connectivity index is 2.32. The van der Waals surface area contributed by atoms with Crippen molar-refractivity contribution in [2.24, 2.45) is 5.84 Å². The topological polar surface area (TPSA) is 63.4 Å². The Labute approximate surface area is 104 Å². The molecule has 0 spiro atoms. The van der Waals surface area contributed by atoms with E-state index in [0.717, 1.165) is 6.07 Å². The predicted octanol–water partition coefficient (Wildman–Crippen LogP) is 1.26.